The largest absolute Gasteiger partial charge is 0.354 e. The summed E-state index contributed by atoms with van der Waals surface area (Å²) < 4.78 is 0. The molecule has 1 rings (SSSR count). The van der Waals surface area contributed by atoms with Crippen molar-refractivity contribution in [1.29, 1.82) is 0 Å². The van der Waals surface area contributed by atoms with E-state index < -0.39 is 0 Å². The number of hydrogen-bond acceptors (Lipinski definition) is 2. The van der Waals surface area contributed by atoms with Crippen molar-refractivity contribution in [2.75, 3.05) is 13.1 Å². The van der Waals surface area contributed by atoms with Gasteiger partial charge in [-0.25, -0.2) is 0 Å². The molecule has 114 valence electrons. The van der Waals surface area contributed by atoms with Crippen molar-refractivity contribution in [3.8, 4) is 0 Å². The van der Waals surface area contributed by atoms with E-state index in [2.05, 4.69) is 31.4 Å². The first-order chi connectivity index (χ1) is 8.67. The Morgan fingerprint density at radius 3 is 2.42 bits per heavy atom. The van der Waals surface area contributed by atoms with E-state index in [1.807, 2.05) is 0 Å². The summed E-state index contributed by atoms with van der Waals surface area (Å²) >= 11 is 0. The predicted octanol–water partition coefficient (Wildman–Crippen LogP) is 3.13. The van der Waals surface area contributed by atoms with Crippen LogP contribution in [0.5, 0.6) is 0 Å². The topological polar surface area (TPSA) is 41.1 Å². The highest BCUT2D eigenvalue weighted by Gasteiger charge is 2.23. The highest BCUT2D eigenvalue weighted by molar-refractivity contribution is 5.85. The van der Waals surface area contributed by atoms with Crippen LogP contribution in [0.3, 0.4) is 0 Å². The van der Waals surface area contributed by atoms with Gasteiger partial charge in [-0.2, -0.15) is 0 Å². The van der Waals surface area contributed by atoms with Gasteiger partial charge in [0.05, 0.1) is 0 Å². The quantitative estimate of drug-likeness (QED) is 0.721. The van der Waals surface area contributed by atoms with Crippen molar-refractivity contribution >= 4 is 18.3 Å². The SMILES string of the molecule is CCN[C@H](C)CNC(=O)C(CC)CC1CCCC1.Cl. The molecule has 4 heteroatoms. The van der Waals surface area contributed by atoms with Crippen molar-refractivity contribution in [2.45, 2.75) is 65.3 Å². The molecule has 0 saturated heterocycles. The minimum Gasteiger partial charge on any atom is -0.354 e. The number of nitrogens with one attached hydrogen (secondary N) is 2. The summed E-state index contributed by atoms with van der Waals surface area (Å²) in [7, 11) is 0. The second-order valence-corrected chi connectivity index (χ2v) is 5.70. The molecule has 1 amide bonds. The minimum absolute atomic E-state index is 0. The summed E-state index contributed by atoms with van der Waals surface area (Å²) in [5.74, 6) is 1.28. The maximum atomic E-state index is 12.1. The van der Waals surface area contributed by atoms with Gasteiger partial charge in [0.25, 0.3) is 0 Å². The third kappa shape index (κ3) is 7.17. The number of amides is 1. The summed E-state index contributed by atoms with van der Waals surface area (Å²) in [4.78, 5) is 12.1. The molecule has 19 heavy (non-hydrogen) atoms. The molecular weight excluding hydrogens is 260 g/mol. The fraction of sp³-hybridized carbons (Fsp3) is 0.933. The molecule has 0 aromatic heterocycles. The standard InChI is InChI=1S/C15H30N2O.ClH/c1-4-14(10-13-8-6-7-9-13)15(18)17-11-12(3)16-5-2;/h12-14,16H,4-11H2,1-3H3,(H,17,18);1H/t12-,14?;/m1./s1. The normalized spacial score (nSPS) is 18.7. The zero-order valence-corrected chi connectivity index (χ0v) is 13.5. The van der Waals surface area contributed by atoms with Crippen LogP contribution in [0.15, 0.2) is 0 Å². The second kappa shape index (κ2) is 10.5. The molecule has 0 spiro atoms. The van der Waals surface area contributed by atoms with E-state index in [4.69, 9.17) is 0 Å². The Morgan fingerprint density at radius 2 is 1.89 bits per heavy atom. The van der Waals surface area contributed by atoms with Crippen LogP contribution < -0.4 is 10.6 Å². The molecule has 0 heterocycles. The highest BCUT2D eigenvalue weighted by Crippen LogP contribution is 2.31. The molecule has 1 unspecified atom stereocenters. The Kier molecular flexibility index (Phi) is 10.3. The van der Waals surface area contributed by atoms with Gasteiger partial charge in [0.2, 0.25) is 5.91 Å². The Hall–Kier alpha value is -0.280. The maximum Gasteiger partial charge on any atom is 0.223 e. The molecule has 0 radical (unpaired) electrons. The Morgan fingerprint density at radius 1 is 1.26 bits per heavy atom. The van der Waals surface area contributed by atoms with Gasteiger partial charge >= 0.3 is 0 Å². The molecule has 0 aromatic carbocycles. The molecule has 0 bridgehead atoms. The average molecular weight is 291 g/mol. The molecule has 2 atom stereocenters. The van der Waals surface area contributed by atoms with Gasteiger partial charge in [-0.15, -0.1) is 12.4 Å². The Balaban J connectivity index is 0.00000324. The lowest BCUT2D eigenvalue weighted by atomic mass is 9.91. The van der Waals surface area contributed by atoms with E-state index in [0.29, 0.717) is 6.04 Å². The monoisotopic (exact) mass is 290 g/mol. The summed E-state index contributed by atoms with van der Waals surface area (Å²) in [6, 6.07) is 0.364. The van der Waals surface area contributed by atoms with Crippen LogP contribution in [0.1, 0.15) is 59.3 Å². The number of likely N-dealkylation sites (N-methyl/N-ethyl adjacent to an activating group) is 1. The molecule has 1 aliphatic carbocycles. The van der Waals surface area contributed by atoms with Crippen molar-refractivity contribution < 1.29 is 4.79 Å². The molecule has 1 aliphatic rings. The lowest BCUT2D eigenvalue weighted by molar-refractivity contribution is -0.125. The molecule has 2 N–H and O–H groups in total. The van der Waals surface area contributed by atoms with Crippen LogP contribution in [0.25, 0.3) is 0 Å². The first-order valence-corrected chi connectivity index (χ1v) is 7.68. The lowest BCUT2D eigenvalue weighted by Crippen LogP contribution is -2.41. The molecule has 3 nitrogen and oxygen atoms in total. The van der Waals surface area contributed by atoms with Gasteiger partial charge in [0.1, 0.15) is 0 Å². The molecule has 1 fully saturated rings. The fourth-order valence-electron chi connectivity index (χ4n) is 2.93. The van der Waals surface area contributed by atoms with Gasteiger partial charge in [-0.3, -0.25) is 4.79 Å². The van der Waals surface area contributed by atoms with E-state index >= 15 is 0 Å². The van der Waals surface area contributed by atoms with Crippen LogP contribution >= 0.6 is 12.4 Å². The molecular formula is C15H31ClN2O. The average Bonchev–Trinajstić information content (AvgIpc) is 2.86. The van der Waals surface area contributed by atoms with Crippen LogP contribution in [0, 0.1) is 11.8 Å². The second-order valence-electron chi connectivity index (χ2n) is 5.70. The van der Waals surface area contributed by atoms with Crippen molar-refractivity contribution in [1.82, 2.24) is 10.6 Å². The Labute approximate surface area is 124 Å². The summed E-state index contributed by atoms with van der Waals surface area (Å²) in [5.41, 5.74) is 0. The smallest absolute Gasteiger partial charge is 0.223 e. The zero-order valence-electron chi connectivity index (χ0n) is 12.7. The van der Waals surface area contributed by atoms with Crippen molar-refractivity contribution in [3.05, 3.63) is 0 Å². The Bertz CT molecular complexity index is 242. The van der Waals surface area contributed by atoms with Crippen LogP contribution in [0.2, 0.25) is 0 Å². The van der Waals surface area contributed by atoms with Gasteiger partial charge in [-0.05, 0) is 32.2 Å². The lowest BCUT2D eigenvalue weighted by Gasteiger charge is -2.20. The van der Waals surface area contributed by atoms with Crippen LogP contribution in [0.4, 0.5) is 0 Å². The van der Waals surface area contributed by atoms with E-state index in [9.17, 15) is 4.79 Å². The van der Waals surface area contributed by atoms with Gasteiger partial charge < -0.3 is 10.6 Å². The summed E-state index contributed by atoms with van der Waals surface area (Å²) in [6.07, 6.45) is 7.45. The molecule has 0 aromatic rings. The van der Waals surface area contributed by atoms with E-state index in [-0.39, 0.29) is 24.2 Å². The van der Waals surface area contributed by atoms with Crippen LogP contribution in [-0.2, 0) is 4.79 Å². The predicted molar refractivity (Wildman–Crippen MR) is 83.8 cm³/mol. The van der Waals surface area contributed by atoms with Crippen LogP contribution in [-0.4, -0.2) is 25.0 Å². The van der Waals surface area contributed by atoms with Gasteiger partial charge in [-0.1, -0.05) is 39.5 Å². The summed E-state index contributed by atoms with van der Waals surface area (Å²) in [6.45, 7) is 8.03. The summed E-state index contributed by atoms with van der Waals surface area (Å²) in [5, 5.41) is 6.41. The number of carbonyl (C=O) groups excluding carboxylic acids is 1. The van der Waals surface area contributed by atoms with E-state index in [1.165, 1.54) is 25.7 Å². The van der Waals surface area contributed by atoms with E-state index in [1.54, 1.807) is 0 Å². The fourth-order valence-corrected chi connectivity index (χ4v) is 2.93. The number of halogens is 1. The van der Waals surface area contributed by atoms with E-state index in [0.717, 1.165) is 31.8 Å². The van der Waals surface area contributed by atoms with Gasteiger partial charge in [0.15, 0.2) is 0 Å². The third-order valence-electron chi connectivity index (χ3n) is 4.09. The first-order valence-electron chi connectivity index (χ1n) is 7.68. The minimum atomic E-state index is 0. The molecule has 1 saturated carbocycles. The first kappa shape index (κ1) is 18.7. The highest BCUT2D eigenvalue weighted by atomic mass is 35.5. The molecule has 0 aliphatic heterocycles. The zero-order chi connectivity index (χ0) is 13.4. The number of carbonyl (C=O) groups is 1. The number of rotatable bonds is 8. The van der Waals surface area contributed by atoms with Crippen molar-refractivity contribution in [2.24, 2.45) is 11.8 Å². The number of hydrogen-bond donors (Lipinski definition) is 2. The maximum absolute atomic E-state index is 12.1. The van der Waals surface area contributed by atoms with Crippen molar-refractivity contribution in [3.63, 3.8) is 0 Å². The third-order valence-corrected chi connectivity index (χ3v) is 4.09. The van der Waals surface area contributed by atoms with Gasteiger partial charge in [0, 0.05) is 18.5 Å².